The Hall–Kier alpha value is -1.71. The Balaban J connectivity index is 1.85. The van der Waals surface area contributed by atoms with Crippen LogP contribution in [-0.4, -0.2) is 22.8 Å². The second kappa shape index (κ2) is 4.93. The molecule has 25 heavy (non-hydrogen) atoms. The van der Waals surface area contributed by atoms with Crippen LogP contribution in [0.15, 0.2) is 35.6 Å². The lowest BCUT2D eigenvalue weighted by Crippen LogP contribution is -2.53. The van der Waals surface area contributed by atoms with Crippen LogP contribution in [0.3, 0.4) is 0 Å². The molecule has 0 radical (unpaired) electrons. The number of aliphatic hydroxyl groups excluding tert-OH is 1. The minimum absolute atomic E-state index is 0.00736. The number of hydrogen-bond donors (Lipinski definition) is 1. The Bertz CT molecular complexity index is 763. The highest BCUT2D eigenvalue weighted by atomic mass is 19.1. The molecule has 4 heteroatoms. The van der Waals surface area contributed by atoms with Crippen LogP contribution in [0, 0.1) is 34.5 Å². The van der Waals surface area contributed by atoms with Crippen molar-refractivity contribution in [2.24, 2.45) is 34.5 Å². The molecule has 0 aromatic carbocycles. The molecular formula is C21H25FO3. The Morgan fingerprint density at radius 3 is 2.64 bits per heavy atom. The van der Waals surface area contributed by atoms with Crippen LogP contribution >= 0.6 is 0 Å². The third kappa shape index (κ3) is 1.86. The largest absolute Gasteiger partial charge is 0.504 e. The molecule has 4 rings (SSSR count). The average Bonchev–Trinajstić information content (AvgIpc) is 2.80. The molecule has 0 aromatic rings. The van der Waals surface area contributed by atoms with Crippen LogP contribution in [0.1, 0.15) is 40.0 Å². The molecule has 0 bridgehead atoms. The number of halogens is 1. The van der Waals surface area contributed by atoms with E-state index in [1.807, 2.05) is 26.8 Å². The molecule has 7 atom stereocenters. The van der Waals surface area contributed by atoms with Crippen molar-refractivity contribution in [2.75, 3.05) is 0 Å². The van der Waals surface area contributed by atoms with E-state index in [2.05, 4.69) is 6.58 Å². The monoisotopic (exact) mass is 344 g/mol. The minimum atomic E-state index is -1.36. The number of Topliss-reactive ketones (excluding diaryl/α,β-unsaturated/α-hetero) is 1. The first-order valence-electron chi connectivity index (χ1n) is 9.17. The first-order valence-corrected chi connectivity index (χ1v) is 9.17. The van der Waals surface area contributed by atoms with E-state index in [0.717, 1.165) is 12.0 Å². The zero-order valence-electron chi connectivity index (χ0n) is 15.0. The first kappa shape index (κ1) is 16.7. The summed E-state index contributed by atoms with van der Waals surface area (Å²) in [4.78, 5) is 24.5. The maximum Gasteiger partial charge on any atom is 0.220 e. The molecule has 0 aliphatic heterocycles. The molecule has 0 heterocycles. The van der Waals surface area contributed by atoms with E-state index in [4.69, 9.17) is 0 Å². The van der Waals surface area contributed by atoms with Crippen molar-refractivity contribution in [3.8, 4) is 0 Å². The van der Waals surface area contributed by atoms with Gasteiger partial charge in [-0.05, 0) is 54.6 Å². The van der Waals surface area contributed by atoms with Crippen LogP contribution in [0.4, 0.5) is 4.39 Å². The molecule has 0 spiro atoms. The lowest BCUT2D eigenvalue weighted by Gasteiger charge is -2.58. The van der Waals surface area contributed by atoms with Gasteiger partial charge in [-0.15, -0.1) is 0 Å². The standard InChI is InChI=1S/C21H25FO3/c1-10-11(2)17-18(24)15(23)6-8-20(17,3)12-5-7-21(4)13(16(10)12)9-14(22)19(21)25/h6,8,10,12-14,16,24H,2,5,7,9H2,1,3-4H3/t10-,12+,13+,14-,16-,20-,21+/m1/s1. The van der Waals surface area contributed by atoms with E-state index in [0.29, 0.717) is 12.0 Å². The fourth-order valence-electron chi connectivity index (χ4n) is 6.40. The SMILES string of the molecule is C=C1C2=C(O)C(=O)C=C[C@]2(C)[C@H]2CC[C@]3(C)C(=O)[C@H](F)C[C@H]3[C@@H]2[C@@H]1C. The van der Waals surface area contributed by atoms with Crippen LogP contribution in [0.2, 0.25) is 0 Å². The highest BCUT2D eigenvalue weighted by Gasteiger charge is 2.64. The van der Waals surface area contributed by atoms with Crippen molar-refractivity contribution in [2.45, 2.75) is 46.2 Å². The number of hydrogen-bond acceptors (Lipinski definition) is 3. The highest BCUT2D eigenvalue weighted by molar-refractivity contribution is 6.04. The van der Waals surface area contributed by atoms with Gasteiger partial charge in [-0.25, -0.2) is 4.39 Å². The third-order valence-electron chi connectivity index (χ3n) is 7.84. The number of rotatable bonds is 0. The van der Waals surface area contributed by atoms with Gasteiger partial charge in [0.2, 0.25) is 5.78 Å². The predicted octanol–water partition coefficient (Wildman–Crippen LogP) is 4.11. The molecule has 0 amide bonds. The first-order chi connectivity index (χ1) is 11.6. The average molecular weight is 344 g/mol. The highest BCUT2D eigenvalue weighted by Crippen LogP contribution is 2.66. The van der Waals surface area contributed by atoms with E-state index in [-0.39, 0.29) is 47.4 Å². The zero-order chi connectivity index (χ0) is 18.3. The van der Waals surface area contributed by atoms with Gasteiger partial charge in [-0.1, -0.05) is 33.4 Å². The van der Waals surface area contributed by atoms with Gasteiger partial charge in [0.25, 0.3) is 0 Å². The molecule has 134 valence electrons. The van der Waals surface area contributed by atoms with E-state index in [1.165, 1.54) is 6.08 Å². The van der Waals surface area contributed by atoms with Crippen molar-refractivity contribution in [3.05, 3.63) is 35.6 Å². The molecule has 4 aliphatic rings. The second-order valence-electron chi connectivity index (χ2n) is 8.83. The quantitative estimate of drug-likeness (QED) is 0.719. The number of carbonyl (C=O) groups excluding carboxylic acids is 2. The van der Waals surface area contributed by atoms with E-state index < -0.39 is 17.0 Å². The summed E-state index contributed by atoms with van der Waals surface area (Å²) >= 11 is 0. The van der Waals surface area contributed by atoms with E-state index >= 15 is 0 Å². The molecular weight excluding hydrogens is 319 g/mol. The number of carbonyl (C=O) groups is 2. The fourth-order valence-corrected chi connectivity index (χ4v) is 6.40. The van der Waals surface area contributed by atoms with Gasteiger partial charge in [0.05, 0.1) is 0 Å². The normalized spacial score (nSPS) is 49.1. The molecule has 3 nitrogen and oxygen atoms in total. The summed E-state index contributed by atoms with van der Waals surface area (Å²) in [5.41, 5.74) is 0.338. The smallest absolute Gasteiger partial charge is 0.220 e. The zero-order valence-corrected chi connectivity index (χ0v) is 15.0. The number of ketones is 2. The summed E-state index contributed by atoms with van der Waals surface area (Å²) in [5.74, 6) is -0.498. The van der Waals surface area contributed by atoms with Gasteiger partial charge < -0.3 is 5.11 Å². The van der Waals surface area contributed by atoms with E-state index in [9.17, 15) is 19.1 Å². The molecule has 1 N–H and O–H groups in total. The summed E-state index contributed by atoms with van der Waals surface area (Å²) in [6, 6.07) is 0. The molecule has 0 saturated heterocycles. The molecule has 3 fully saturated rings. The van der Waals surface area contributed by atoms with Gasteiger partial charge in [0, 0.05) is 16.4 Å². The Morgan fingerprint density at radius 1 is 1.28 bits per heavy atom. The molecule has 0 aromatic heterocycles. The van der Waals surface area contributed by atoms with Crippen molar-refractivity contribution >= 4 is 11.6 Å². The number of fused-ring (bicyclic) bond motifs is 5. The lowest BCUT2D eigenvalue weighted by atomic mass is 9.45. The summed E-state index contributed by atoms with van der Waals surface area (Å²) in [5, 5.41) is 10.4. The van der Waals surface area contributed by atoms with Crippen molar-refractivity contribution < 1.29 is 19.1 Å². The maximum atomic E-state index is 14.3. The number of alkyl halides is 1. The summed E-state index contributed by atoms with van der Waals surface area (Å²) in [6.07, 6.45) is 3.73. The minimum Gasteiger partial charge on any atom is -0.504 e. The summed E-state index contributed by atoms with van der Waals surface area (Å²) in [7, 11) is 0. The molecule has 3 saturated carbocycles. The summed E-state index contributed by atoms with van der Waals surface area (Å²) < 4.78 is 14.3. The van der Waals surface area contributed by atoms with Crippen LogP contribution in [0.25, 0.3) is 0 Å². The van der Waals surface area contributed by atoms with Crippen LogP contribution in [0.5, 0.6) is 0 Å². The topological polar surface area (TPSA) is 54.4 Å². The van der Waals surface area contributed by atoms with Gasteiger partial charge >= 0.3 is 0 Å². The van der Waals surface area contributed by atoms with E-state index in [1.54, 1.807) is 0 Å². The predicted molar refractivity (Wildman–Crippen MR) is 92.5 cm³/mol. The van der Waals surface area contributed by atoms with Gasteiger partial charge in [-0.2, -0.15) is 0 Å². The van der Waals surface area contributed by atoms with Gasteiger partial charge in [0.15, 0.2) is 17.7 Å². The maximum absolute atomic E-state index is 14.3. The van der Waals surface area contributed by atoms with Crippen LogP contribution in [-0.2, 0) is 9.59 Å². The van der Waals surface area contributed by atoms with Crippen LogP contribution < -0.4 is 0 Å². The number of aliphatic hydroxyl groups is 1. The number of allylic oxidation sites excluding steroid dienone is 4. The Morgan fingerprint density at radius 2 is 1.96 bits per heavy atom. The van der Waals surface area contributed by atoms with Crippen molar-refractivity contribution in [3.63, 3.8) is 0 Å². The van der Waals surface area contributed by atoms with Gasteiger partial charge in [0.1, 0.15) is 0 Å². The fraction of sp³-hybridized carbons (Fsp3) is 0.619. The van der Waals surface area contributed by atoms with Crippen molar-refractivity contribution in [1.29, 1.82) is 0 Å². The van der Waals surface area contributed by atoms with Gasteiger partial charge in [-0.3, -0.25) is 9.59 Å². The second-order valence-corrected chi connectivity index (χ2v) is 8.83. The summed E-state index contributed by atoms with van der Waals surface area (Å²) in [6.45, 7) is 10.2. The lowest BCUT2D eigenvalue weighted by molar-refractivity contribution is -0.135. The Kier molecular flexibility index (Phi) is 3.30. The Labute approximate surface area is 147 Å². The molecule has 4 aliphatic carbocycles. The third-order valence-corrected chi connectivity index (χ3v) is 7.84. The molecule has 0 unspecified atom stereocenters. The van der Waals surface area contributed by atoms with Crippen molar-refractivity contribution in [1.82, 2.24) is 0 Å².